The van der Waals surface area contributed by atoms with Crippen molar-refractivity contribution < 1.29 is 9.59 Å². The molecule has 1 aliphatic carbocycles. The monoisotopic (exact) mass is 381 g/mol. The molecule has 2 bridgehead atoms. The van der Waals surface area contributed by atoms with E-state index in [9.17, 15) is 9.59 Å². The fraction of sp³-hybridized carbons (Fsp3) is 0.652. The largest absolute Gasteiger partial charge is 0.333 e. The van der Waals surface area contributed by atoms with Crippen LogP contribution in [0.15, 0.2) is 30.3 Å². The van der Waals surface area contributed by atoms with Crippen LogP contribution in [0.5, 0.6) is 0 Å². The lowest BCUT2D eigenvalue weighted by molar-refractivity contribution is -0.141. The summed E-state index contributed by atoms with van der Waals surface area (Å²) in [5.74, 6) is 0.304. The molecular weight excluding hydrogens is 350 g/mol. The second-order valence-electron chi connectivity index (χ2n) is 9.46. The van der Waals surface area contributed by atoms with Gasteiger partial charge in [-0.15, -0.1) is 0 Å². The van der Waals surface area contributed by atoms with Gasteiger partial charge in [-0.05, 0) is 44.1 Å². The van der Waals surface area contributed by atoms with E-state index < -0.39 is 0 Å². The van der Waals surface area contributed by atoms with Gasteiger partial charge >= 0.3 is 0 Å². The third-order valence-corrected chi connectivity index (χ3v) is 7.83. The van der Waals surface area contributed by atoms with Crippen molar-refractivity contribution in [2.75, 3.05) is 13.1 Å². The smallest absolute Gasteiger partial charge is 0.242 e. The van der Waals surface area contributed by atoms with Crippen LogP contribution >= 0.6 is 0 Å². The average Bonchev–Trinajstić information content (AvgIpc) is 3.22. The Kier molecular flexibility index (Phi) is 4.46. The lowest BCUT2D eigenvalue weighted by atomic mass is 9.65. The zero-order valence-electron chi connectivity index (χ0n) is 16.8. The van der Waals surface area contributed by atoms with Gasteiger partial charge in [-0.3, -0.25) is 9.59 Å². The molecule has 1 N–H and O–H groups in total. The number of likely N-dealkylation sites (tertiary alicyclic amines) is 2. The van der Waals surface area contributed by atoms with Crippen molar-refractivity contribution in [3.8, 4) is 0 Å². The Hall–Kier alpha value is -1.88. The molecule has 5 heteroatoms. The van der Waals surface area contributed by atoms with E-state index in [1.165, 1.54) is 18.4 Å². The Balaban J connectivity index is 1.42. The van der Waals surface area contributed by atoms with Crippen molar-refractivity contribution in [1.82, 2.24) is 15.1 Å². The summed E-state index contributed by atoms with van der Waals surface area (Å²) < 4.78 is 0. The van der Waals surface area contributed by atoms with Crippen molar-refractivity contribution in [3.63, 3.8) is 0 Å². The van der Waals surface area contributed by atoms with Gasteiger partial charge in [0.05, 0.1) is 6.54 Å². The molecule has 3 aliphatic heterocycles. The van der Waals surface area contributed by atoms with Crippen molar-refractivity contribution in [2.24, 2.45) is 5.41 Å². The molecule has 150 valence electrons. The maximum atomic E-state index is 13.4. The zero-order valence-corrected chi connectivity index (χ0v) is 16.8. The number of piperidine rings is 1. The first-order valence-electron chi connectivity index (χ1n) is 11.0. The van der Waals surface area contributed by atoms with Crippen LogP contribution in [0.25, 0.3) is 0 Å². The van der Waals surface area contributed by atoms with Crippen molar-refractivity contribution in [3.05, 3.63) is 35.9 Å². The number of hydrogen-bond acceptors (Lipinski definition) is 3. The molecule has 5 atom stereocenters. The van der Waals surface area contributed by atoms with Gasteiger partial charge in [0.15, 0.2) is 0 Å². The first-order chi connectivity index (χ1) is 13.6. The number of amides is 2. The molecule has 3 saturated heterocycles. The first kappa shape index (κ1) is 18.2. The summed E-state index contributed by atoms with van der Waals surface area (Å²) in [4.78, 5) is 29.5. The van der Waals surface area contributed by atoms with Crippen LogP contribution in [0.4, 0.5) is 0 Å². The quantitative estimate of drug-likeness (QED) is 0.871. The molecular formula is C23H31N3O2. The van der Waals surface area contributed by atoms with Gasteiger partial charge in [0.2, 0.25) is 11.8 Å². The number of benzene rings is 1. The molecule has 1 aromatic rings. The zero-order chi connectivity index (χ0) is 19.3. The highest BCUT2D eigenvalue weighted by molar-refractivity contribution is 5.86. The van der Waals surface area contributed by atoms with E-state index in [2.05, 4.69) is 47.5 Å². The highest BCUT2D eigenvalue weighted by Gasteiger charge is 2.61. The molecule has 2 amide bonds. The molecule has 0 unspecified atom stereocenters. The van der Waals surface area contributed by atoms with Gasteiger partial charge in [-0.1, -0.05) is 37.3 Å². The van der Waals surface area contributed by atoms with Crippen molar-refractivity contribution in [2.45, 2.75) is 76.0 Å². The maximum Gasteiger partial charge on any atom is 0.242 e. The van der Waals surface area contributed by atoms with Crippen LogP contribution in [0, 0.1) is 5.41 Å². The molecule has 0 aromatic heterocycles. The van der Waals surface area contributed by atoms with Gasteiger partial charge in [0.25, 0.3) is 0 Å². The third-order valence-electron chi connectivity index (χ3n) is 7.83. The van der Waals surface area contributed by atoms with Gasteiger partial charge < -0.3 is 15.1 Å². The van der Waals surface area contributed by atoms with Gasteiger partial charge in [-0.25, -0.2) is 0 Å². The fourth-order valence-electron chi connectivity index (χ4n) is 6.44. The van der Waals surface area contributed by atoms with Gasteiger partial charge in [-0.2, -0.15) is 0 Å². The lowest BCUT2D eigenvalue weighted by Crippen LogP contribution is -2.58. The maximum absolute atomic E-state index is 13.4. The van der Waals surface area contributed by atoms with Crippen LogP contribution in [0.3, 0.4) is 0 Å². The first-order valence-corrected chi connectivity index (χ1v) is 11.0. The summed E-state index contributed by atoms with van der Waals surface area (Å²) in [7, 11) is 0. The number of nitrogens with one attached hydrogen (secondary N) is 1. The van der Waals surface area contributed by atoms with E-state index >= 15 is 0 Å². The SMILES string of the molecule is C[C@@]12C[C@H]3[C@@H](Cc4ccccc4)N[C@@H]1CCC[C@@H]2N3C(=O)CN1CCCC1=O. The van der Waals surface area contributed by atoms with E-state index in [0.29, 0.717) is 24.5 Å². The predicted molar refractivity (Wildman–Crippen MR) is 108 cm³/mol. The molecule has 4 aliphatic rings. The van der Waals surface area contributed by atoms with E-state index in [1.807, 2.05) is 0 Å². The molecule has 28 heavy (non-hydrogen) atoms. The fourth-order valence-corrected chi connectivity index (χ4v) is 6.44. The van der Waals surface area contributed by atoms with Crippen molar-refractivity contribution in [1.29, 1.82) is 0 Å². The van der Waals surface area contributed by atoms with Gasteiger partial charge in [0, 0.05) is 42.5 Å². The van der Waals surface area contributed by atoms with Crippen LogP contribution < -0.4 is 5.32 Å². The Morgan fingerprint density at radius 1 is 1.21 bits per heavy atom. The normalized spacial score (nSPS) is 36.8. The molecule has 5 rings (SSSR count). The summed E-state index contributed by atoms with van der Waals surface area (Å²) in [6.45, 7) is 3.39. The highest BCUT2D eigenvalue weighted by Crippen LogP contribution is 2.53. The number of nitrogens with zero attached hydrogens (tertiary/aromatic N) is 2. The van der Waals surface area contributed by atoms with Crippen molar-refractivity contribution >= 4 is 11.8 Å². The molecule has 0 radical (unpaired) electrons. The third kappa shape index (κ3) is 2.86. The predicted octanol–water partition coefficient (Wildman–Crippen LogP) is 2.35. The van der Waals surface area contributed by atoms with Crippen LogP contribution in [-0.4, -0.2) is 58.9 Å². The topological polar surface area (TPSA) is 52.7 Å². The number of carbonyl (C=O) groups is 2. The number of carbonyl (C=O) groups excluding carboxylic acids is 2. The molecule has 5 nitrogen and oxygen atoms in total. The number of fused-ring (bicyclic) bond motifs is 1. The minimum Gasteiger partial charge on any atom is -0.333 e. The summed E-state index contributed by atoms with van der Waals surface area (Å²) in [6, 6.07) is 11.9. The Labute approximate surface area is 167 Å². The van der Waals surface area contributed by atoms with E-state index in [4.69, 9.17) is 0 Å². The minimum atomic E-state index is 0.141. The summed E-state index contributed by atoms with van der Waals surface area (Å²) in [6.07, 6.45) is 7.01. The Morgan fingerprint density at radius 2 is 2.04 bits per heavy atom. The summed E-state index contributed by atoms with van der Waals surface area (Å²) in [5.41, 5.74) is 1.49. The van der Waals surface area contributed by atoms with Crippen LogP contribution in [0.2, 0.25) is 0 Å². The Morgan fingerprint density at radius 3 is 2.79 bits per heavy atom. The minimum absolute atomic E-state index is 0.141. The molecule has 4 fully saturated rings. The number of rotatable bonds is 4. The molecule has 1 saturated carbocycles. The Bertz CT molecular complexity index is 766. The van der Waals surface area contributed by atoms with E-state index in [0.717, 1.165) is 32.2 Å². The number of hydrogen-bond donors (Lipinski definition) is 1. The van der Waals surface area contributed by atoms with Crippen LogP contribution in [0.1, 0.15) is 51.0 Å². The molecule has 1 aromatic carbocycles. The summed E-state index contributed by atoms with van der Waals surface area (Å²) >= 11 is 0. The molecule has 3 heterocycles. The average molecular weight is 382 g/mol. The van der Waals surface area contributed by atoms with Gasteiger partial charge in [0.1, 0.15) is 0 Å². The van der Waals surface area contributed by atoms with E-state index in [-0.39, 0.29) is 29.8 Å². The standard InChI is InChI=1S/C23H31N3O2/c1-23-14-18-17(13-16-7-3-2-4-8-16)24-19(23)9-5-10-20(23)26(18)22(28)15-25-12-6-11-21(25)27/h2-4,7-8,17-20,24H,5-6,9-15H2,1H3/t17-,18+,19-,20+,23-/m1/s1. The highest BCUT2D eigenvalue weighted by atomic mass is 16.2. The van der Waals surface area contributed by atoms with Crippen LogP contribution in [-0.2, 0) is 16.0 Å². The lowest BCUT2D eigenvalue weighted by Gasteiger charge is -2.46. The van der Waals surface area contributed by atoms with E-state index in [1.54, 1.807) is 4.90 Å². The molecule has 0 spiro atoms. The summed E-state index contributed by atoms with van der Waals surface area (Å²) in [5, 5.41) is 3.95. The second-order valence-corrected chi connectivity index (χ2v) is 9.46. The second kappa shape index (κ2) is 6.87.